The molecule has 0 atom stereocenters. The fraction of sp³-hybridized carbons (Fsp3) is 0.0556. The standard InChI is InChI=1S/C18H13FN2OS2/c1-22-12-7-5-11(6-8-12)14-9-10-16(23-14)20-18-21-17-13(19)3-2-4-15(17)24-18/h2-10H,1H3,(H,20,21). The number of nitrogens with one attached hydrogen (secondary N) is 1. The molecule has 2 aromatic heterocycles. The second kappa shape index (κ2) is 6.22. The van der Waals surface area contributed by atoms with E-state index in [0.29, 0.717) is 10.6 Å². The molecule has 4 aromatic rings. The number of ether oxygens (including phenoxy) is 1. The Hall–Kier alpha value is -2.44. The topological polar surface area (TPSA) is 34.1 Å². The predicted octanol–water partition coefficient (Wildman–Crippen LogP) is 5.92. The number of fused-ring (bicyclic) bond motifs is 1. The molecule has 0 aliphatic rings. The van der Waals surface area contributed by atoms with Crippen molar-refractivity contribution >= 4 is 43.0 Å². The van der Waals surface area contributed by atoms with Gasteiger partial charge < -0.3 is 10.1 Å². The van der Waals surface area contributed by atoms with Gasteiger partial charge in [0, 0.05) is 4.88 Å². The number of thiophene rings is 1. The molecule has 4 rings (SSSR count). The smallest absolute Gasteiger partial charge is 0.188 e. The Labute approximate surface area is 146 Å². The van der Waals surface area contributed by atoms with Crippen LogP contribution in [0.4, 0.5) is 14.5 Å². The zero-order valence-electron chi connectivity index (χ0n) is 12.7. The first-order valence-corrected chi connectivity index (χ1v) is 8.92. The van der Waals surface area contributed by atoms with E-state index in [1.165, 1.54) is 17.4 Å². The molecule has 3 nitrogen and oxygen atoms in total. The quantitative estimate of drug-likeness (QED) is 0.493. The Bertz CT molecular complexity index is 992. The third-order valence-corrected chi connectivity index (χ3v) is 5.57. The molecule has 0 aliphatic heterocycles. The van der Waals surface area contributed by atoms with Crippen molar-refractivity contribution in [2.75, 3.05) is 12.4 Å². The van der Waals surface area contributed by atoms with E-state index in [1.807, 2.05) is 36.4 Å². The fourth-order valence-corrected chi connectivity index (χ4v) is 4.26. The van der Waals surface area contributed by atoms with Crippen molar-refractivity contribution in [3.05, 3.63) is 60.4 Å². The monoisotopic (exact) mass is 356 g/mol. The van der Waals surface area contributed by atoms with Gasteiger partial charge >= 0.3 is 0 Å². The Morgan fingerprint density at radius 3 is 2.58 bits per heavy atom. The van der Waals surface area contributed by atoms with Crippen LogP contribution in [0.25, 0.3) is 20.7 Å². The number of aromatic nitrogens is 1. The molecule has 2 heterocycles. The van der Waals surface area contributed by atoms with Crippen LogP contribution in [0.5, 0.6) is 5.75 Å². The summed E-state index contributed by atoms with van der Waals surface area (Å²) in [5.41, 5.74) is 1.54. The summed E-state index contributed by atoms with van der Waals surface area (Å²) in [6.45, 7) is 0. The van der Waals surface area contributed by atoms with Gasteiger partial charge in [-0.2, -0.15) is 0 Å². The van der Waals surface area contributed by atoms with Gasteiger partial charge in [0.1, 0.15) is 17.1 Å². The van der Waals surface area contributed by atoms with Gasteiger partial charge in [0.05, 0.1) is 16.8 Å². The van der Waals surface area contributed by atoms with Gasteiger partial charge in [0.25, 0.3) is 0 Å². The number of thiazole rings is 1. The highest BCUT2D eigenvalue weighted by molar-refractivity contribution is 7.23. The van der Waals surface area contributed by atoms with Crippen LogP contribution in [-0.4, -0.2) is 12.1 Å². The molecule has 0 spiro atoms. The van der Waals surface area contributed by atoms with E-state index in [-0.39, 0.29) is 5.82 Å². The number of hydrogen-bond acceptors (Lipinski definition) is 5. The van der Waals surface area contributed by atoms with Gasteiger partial charge in [0.15, 0.2) is 5.13 Å². The van der Waals surface area contributed by atoms with Crippen LogP contribution in [0.15, 0.2) is 54.6 Å². The molecule has 6 heteroatoms. The Morgan fingerprint density at radius 2 is 1.83 bits per heavy atom. The van der Waals surface area contributed by atoms with Crippen molar-refractivity contribution in [2.24, 2.45) is 0 Å². The van der Waals surface area contributed by atoms with Crippen LogP contribution >= 0.6 is 22.7 Å². The summed E-state index contributed by atoms with van der Waals surface area (Å²) in [6.07, 6.45) is 0. The number of nitrogens with zero attached hydrogens (tertiary/aromatic N) is 1. The Balaban J connectivity index is 1.58. The number of rotatable bonds is 4. The van der Waals surface area contributed by atoms with Gasteiger partial charge in [-0.15, -0.1) is 11.3 Å². The van der Waals surface area contributed by atoms with Crippen LogP contribution in [0.3, 0.4) is 0 Å². The number of halogens is 1. The second-order valence-electron chi connectivity index (χ2n) is 5.12. The molecular weight excluding hydrogens is 343 g/mol. The third-order valence-electron chi connectivity index (χ3n) is 3.58. The number of para-hydroxylation sites is 1. The van der Waals surface area contributed by atoms with Crippen LogP contribution in [0.1, 0.15) is 0 Å². The van der Waals surface area contributed by atoms with Gasteiger partial charge in [-0.1, -0.05) is 17.4 Å². The maximum atomic E-state index is 13.7. The van der Waals surface area contributed by atoms with Crippen LogP contribution in [0.2, 0.25) is 0 Å². The highest BCUT2D eigenvalue weighted by atomic mass is 32.1. The SMILES string of the molecule is COc1ccc(-c2ccc(Nc3nc4c(F)cccc4s3)s2)cc1. The first kappa shape index (κ1) is 15.1. The fourth-order valence-electron chi connectivity index (χ4n) is 2.39. The number of methoxy groups -OCH3 is 1. The third kappa shape index (κ3) is 2.86. The molecule has 0 amide bonds. The largest absolute Gasteiger partial charge is 0.497 e. The second-order valence-corrected chi connectivity index (χ2v) is 7.24. The highest BCUT2D eigenvalue weighted by Crippen LogP contribution is 2.36. The Morgan fingerprint density at radius 1 is 1.00 bits per heavy atom. The summed E-state index contributed by atoms with van der Waals surface area (Å²) in [5.74, 6) is 0.548. The normalized spacial score (nSPS) is 10.9. The molecular formula is C18H13FN2OS2. The van der Waals surface area contributed by atoms with Crippen LogP contribution in [0, 0.1) is 5.82 Å². The van der Waals surface area contributed by atoms with Gasteiger partial charge in [-0.05, 0) is 54.1 Å². The van der Waals surface area contributed by atoms with Gasteiger partial charge in [-0.3, -0.25) is 0 Å². The van der Waals surface area contributed by atoms with Crippen molar-refractivity contribution < 1.29 is 9.13 Å². The minimum Gasteiger partial charge on any atom is -0.497 e. The van der Waals surface area contributed by atoms with E-state index in [2.05, 4.69) is 16.4 Å². The van der Waals surface area contributed by atoms with Crippen molar-refractivity contribution in [1.82, 2.24) is 4.98 Å². The molecule has 120 valence electrons. The van der Waals surface area contributed by atoms with E-state index >= 15 is 0 Å². The molecule has 1 N–H and O–H groups in total. The first-order chi connectivity index (χ1) is 11.7. The van der Waals surface area contributed by atoms with Crippen molar-refractivity contribution in [3.63, 3.8) is 0 Å². The number of benzene rings is 2. The molecule has 0 radical (unpaired) electrons. The van der Waals surface area contributed by atoms with Crippen LogP contribution in [-0.2, 0) is 0 Å². The van der Waals surface area contributed by atoms with E-state index in [0.717, 1.165) is 25.9 Å². The van der Waals surface area contributed by atoms with Crippen molar-refractivity contribution in [2.45, 2.75) is 0 Å². The summed E-state index contributed by atoms with van der Waals surface area (Å²) < 4.78 is 19.8. The highest BCUT2D eigenvalue weighted by Gasteiger charge is 2.09. The zero-order chi connectivity index (χ0) is 16.5. The number of hydrogen-bond donors (Lipinski definition) is 1. The molecule has 0 aliphatic carbocycles. The van der Waals surface area contributed by atoms with Gasteiger partial charge in [-0.25, -0.2) is 9.37 Å². The average molecular weight is 356 g/mol. The zero-order valence-corrected chi connectivity index (χ0v) is 14.4. The first-order valence-electron chi connectivity index (χ1n) is 7.29. The van der Waals surface area contributed by atoms with E-state index in [9.17, 15) is 4.39 Å². The molecule has 2 aromatic carbocycles. The molecule has 0 bridgehead atoms. The Kier molecular flexibility index (Phi) is 3.92. The van der Waals surface area contributed by atoms with Crippen molar-refractivity contribution in [1.29, 1.82) is 0 Å². The maximum Gasteiger partial charge on any atom is 0.188 e. The summed E-state index contributed by atoms with van der Waals surface area (Å²) in [6, 6.07) is 17.0. The molecule has 0 fully saturated rings. The lowest BCUT2D eigenvalue weighted by Gasteiger charge is -2.01. The molecule has 24 heavy (non-hydrogen) atoms. The predicted molar refractivity (Wildman–Crippen MR) is 99.2 cm³/mol. The lowest BCUT2D eigenvalue weighted by molar-refractivity contribution is 0.415. The van der Waals surface area contributed by atoms with Gasteiger partial charge in [0.2, 0.25) is 0 Å². The molecule has 0 saturated carbocycles. The lowest BCUT2D eigenvalue weighted by atomic mass is 10.2. The molecule has 0 unspecified atom stereocenters. The minimum absolute atomic E-state index is 0.290. The summed E-state index contributed by atoms with van der Waals surface area (Å²) in [4.78, 5) is 5.48. The maximum absolute atomic E-state index is 13.7. The molecule has 0 saturated heterocycles. The van der Waals surface area contributed by atoms with Crippen LogP contribution < -0.4 is 10.1 Å². The van der Waals surface area contributed by atoms with E-state index in [4.69, 9.17) is 4.74 Å². The summed E-state index contributed by atoms with van der Waals surface area (Å²) in [7, 11) is 1.66. The average Bonchev–Trinajstić information content (AvgIpc) is 3.23. The summed E-state index contributed by atoms with van der Waals surface area (Å²) in [5, 5.41) is 4.93. The van der Waals surface area contributed by atoms with Crippen molar-refractivity contribution in [3.8, 4) is 16.2 Å². The minimum atomic E-state index is -0.290. The van der Waals surface area contributed by atoms with E-state index < -0.39 is 0 Å². The lowest BCUT2D eigenvalue weighted by Crippen LogP contribution is -1.85. The van der Waals surface area contributed by atoms with E-state index in [1.54, 1.807) is 24.5 Å². The summed E-state index contributed by atoms with van der Waals surface area (Å²) >= 11 is 3.07. The number of anilines is 2.